The minimum Gasteiger partial charge on any atom is -0.463 e. The highest BCUT2D eigenvalue weighted by atomic mass is 31.2. The van der Waals surface area contributed by atoms with Gasteiger partial charge >= 0.3 is 33.6 Å². The standard InChI is InChI=1S/C101H170O16P2/c1-4-7-10-13-16-19-22-25-28-31-34-36-38-40-42-44-46-47-49-51-52-54-56-58-61-63-66-69-72-75-78-81-84-87-99(104)111-90-96(102)91-113-118(107,108)114-92-97(103)93-115-119(109,110)116-95-98(117-101(106)89-86-83-80-77-74-71-68-65-60-33-30-27-24-21-18-15-12-9-6-3)94-112-100(105)88-85-82-79-76-73-70-67-64-62-59-57-55-53-50-48-45-43-41-39-37-35-32-29-26-23-20-17-14-11-8-5-2/h7-12,16-21,25-30,34-37,40-43,60,65,71,74,96-98,102-103H,4-6,13-15,22-24,31-33,38-39,44-59,61-64,66-70,72-73,75-95H2,1-3H3,(H,107,108)(H,109,110)/b10-7-,11-8-,12-9-,19-16-,20-17-,21-18-,28-25-,29-26-,30-27-,36-34-,37-35-,42-40-,43-41-,65-60-,74-71-. The molecule has 4 N–H and O–H groups in total. The largest absolute Gasteiger partial charge is 0.472 e. The zero-order valence-corrected chi connectivity index (χ0v) is 76.8. The van der Waals surface area contributed by atoms with Crippen LogP contribution in [0.1, 0.15) is 380 Å². The van der Waals surface area contributed by atoms with Crippen LogP contribution >= 0.6 is 15.6 Å². The molecule has 0 fully saturated rings. The molecule has 18 heteroatoms. The molecule has 0 aromatic heterocycles. The average Bonchev–Trinajstić information content (AvgIpc) is 0.941. The lowest BCUT2D eigenvalue weighted by Gasteiger charge is -2.21. The summed E-state index contributed by atoms with van der Waals surface area (Å²) in [5, 5.41) is 20.7. The van der Waals surface area contributed by atoms with Crippen molar-refractivity contribution in [2.45, 2.75) is 399 Å². The first-order chi connectivity index (χ1) is 58.2. The third kappa shape index (κ3) is 93.2. The summed E-state index contributed by atoms with van der Waals surface area (Å²) in [6.45, 7) is 2.34. The van der Waals surface area contributed by atoms with E-state index < -0.39 is 91.5 Å². The Balaban J connectivity index is 4.54. The van der Waals surface area contributed by atoms with E-state index >= 15 is 0 Å². The first-order valence-electron chi connectivity index (χ1n) is 47.1. The number of hydrogen-bond acceptors (Lipinski definition) is 14. The molecule has 0 aliphatic heterocycles. The van der Waals surface area contributed by atoms with Gasteiger partial charge in [0.2, 0.25) is 0 Å². The van der Waals surface area contributed by atoms with E-state index in [0.717, 1.165) is 161 Å². The van der Waals surface area contributed by atoms with Gasteiger partial charge in [-0.15, -0.1) is 0 Å². The Morgan fingerprint density at radius 3 is 0.672 bits per heavy atom. The molecular weight excluding hydrogens is 1530 g/mol. The average molecular weight is 1700 g/mol. The number of rotatable bonds is 88. The molecule has 0 heterocycles. The molecule has 0 saturated carbocycles. The van der Waals surface area contributed by atoms with Crippen LogP contribution < -0.4 is 0 Å². The van der Waals surface area contributed by atoms with E-state index in [1.807, 2.05) is 0 Å². The van der Waals surface area contributed by atoms with Crippen LogP contribution in [0, 0.1) is 0 Å². The number of hydrogen-bond donors (Lipinski definition) is 4. The van der Waals surface area contributed by atoms with Gasteiger partial charge in [0.25, 0.3) is 0 Å². The van der Waals surface area contributed by atoms with Crippen LogP contribution in [0.3, 0.4) is 0 Å². The van der Waals surface area contributed by atoms with Crippen molar-refractivity contribution in [2.75, 3.05) is 39.6 Å². The van der Waals surface area contributed by atoms with E-state index in [4.69, 9.17) is 32.3 Å². The van der Waals surface area contributed by atoms with Crippen LogP contribution in [0.2, 0.25) is 0 Å². The number of aliphatic hydroxyl groups is 2. The van der Waals surface area contributed by atoms with Gasteiger partial charge in [-0.25, -0.2) is 9.13 Å². The number of carbonyl (C=O) groups excluding carboxylic acids is 3. The van der Waals surface area contributed by atoms with Gasteiger partial charge in [-0.1, -0.05) is 389 Å². The Hall–Kier alpha value is -5.35. The molecule has 680 valence electrons. The molecule has 0 rings (SSSR count). The second-order valence-electron chi connectivity index (χ2n) is 31.0. The van der Waals surface area contributed by atoms with E-state index in [1.165, 1.54) is 161 Å². The fourth-order valence-electron chi connectivity index (χ4n) is 12.6. The zero-order chi connectivity index (χ0) is 86.5. The molecule has 0 aromatic carbocycles. The third-order valence-corrected chi connectivity index (χ3v) is 21.5. The summed E-state index contributed by atoms with van der Waals surface area (Å²) in [5.41, 5.74) is 0. The summed E-state index contributed by atoms with van der Waals surface area (Å²) >= 11 is 0. The highest BCUT2D eigenvalue weighted by Crippen LogP contribution is 2.45. The number of esters is 3. The van der Waals surface area contributed by atoms with Crippen molar-refractivity contribution in [1.82, 2.24) is 0 Å². The van der Waals surface area contributed by atoms with Crippen LogP contribution in [0.15, 0.2) is 182 Å². The lowest BCUT2D eigenvalue weighted by atomic mass is 10.0. The van der Waals surface area contributed by atoms with Crippen molar-refractivity contribution in [1.29, 1.82) is 0 Å². The summed E-state index contributed by atoms with van der Waals surface area (Å²) in [6, 6.07) is 0. The van der Waals surface area contributed by atoms with Crippen molar-refractivity contribution in [3.05, 3.63) is 182 Å². The SMILES string of the molecule is CC/C=C\C/C=C\C/C=C\C/C=C\C/C=C\CCCCCCCCCCCCCCCCCCCC(=O)OCC(O)COP(=O)(O)OCC(O)COP(=O)(O)OCC(COC(=O)CCCCCCCCCCCCCCCCC/C=C\C/C=C\C/C=C\C/C=C\C/C=C\CC)OC(=O)CCCCC/C=C\C/C=C\C/C=C\C/C=C\C/C=C\CC. The van der Waals surface area contributed by atoms with Crippen molar-refractivity contribution in [3.63, 3.8) is 0 Å². The number of ether oxygens (including phenoxy) is 3. The lowest BCUT2D eigenvalue weighted by molar-refractivity contribution is -0.161. The van der Waals surface area contributed by atoms with Crippen LogP contribution in [-0.4, -0.2) is 95.9 Å². The maximum absolute atomic E-state index is 13.0. The van der Waals surface area contributed by atoms with Crippen molar-refractivity contribution < 1.29 is 75.8 Å². The van der Waals surface area contributed by atoms with Gasteiger partial charge in [0.1, 0.15) is 25.4 Å². The molecule has 0 radical (unpaired) electrons. The highest BCUT2D eigenvalue weighted by molar-refractivity contribution is 7.47. The van der Waals surface area contributed by atoms with Crippen molar-refractivity contribution in [2.24, 2.45) is 0 Å². The third-order valence-electron chi connectivity index (χ3n) is 19.6. The van der Waals surface area contributed by atoms with Gasteiger partial charge in [0.15, 0.2) is 6.10 Å². The molecule has 16 nitrogen and oxygen atoms in total. The molecule has 0 aromatic rings. The van der Waals surface area contributed by atoms with E-state index in [2.05, 4.69) is 203 Å². The summed E-state index contributed by atoms with van der Waals surface area (Å²) in [6.07, 6.45) is 121. The lowest BCUT2D eigenvalue weighted by Crippen LogP contribution is -2.30. The van der Waals surface area contributed by atoms with Gasteiger partial charge in [-0.05, 0) is 154 Å². The summed E-state index contributed by atoms with van der Waals surface area (Å²) in [7, 11) is -9.82. The molecule has 0 amide bonds. The number of phosphoric ester groups is 2. The minimum atomic E-state index is -4.95. The first-order valence-corrected chi connectivity index (χ1v) is 50.1. The van der Waals surface area contributed by atoms with E-state index in [9.17, 15) is 43.5 Å². The van der Waals surface area contributed by atoms with Gasteiger partial charge in [0, 0.05) is 19.3 Å². The van der Waals surface area contributed by atoms with E-state index in [0.29, 0.717) is 19.3 Å². The van der Waals surface area contributed by atoms with Crippen LogP contribution in [0.5, 0.6) is 0 Å². The summed E-state index contributed by atoms with van der Waals surface area (Å²) in [5.74, 6) is -1.61. The molecule has 5 atom stereocenters. The predicted octanol–water partition coefficient (Wildman–Crippen LogP) is 29.2. The first kappa shape index (κ1) is 114. The molecule has 0 saturated heterocycles. The Labute approximate surface area is 725 Å². The maximum Gasteiger partial charge on any atom is 0.472 e. The number of unbranched alkanes of at least 4 members (excludes halogenated alkanes) is 35. The molecular formula is C101H170O16P2. The number of phosphoric acid groups is 2. The van der Waals surface area contributed by atoms with Gasteiger partial charge in [-0.2, -0.15) is 0 Å². The quantitative estimate of drug-likeness (QED) is 0.0146. The van der Waals surface area contributed by atoms with Gasteiger partial charge < -0.3 is 34.2 Å². The second kappa shape index (κ2) is 91.8. The number of aliphatic hydroxyl groups excluding tert-OH is 2. The Morgan fingerprint density at radius 2 is 0.420 bits per heavy atom. The maximum atomic E-state index is 13.0. The van der Waals surface area contributed by atoms with E-state index in [-0.39, 0.29) is 19.3 Å². The predicted molar refractivity (Wildman–Crippen MR) is 500 cm³/mol. The van der Waals surface area contributed by atoms with Gasteiger partial charge in [-0.3, -0.25) is 32.5 Å². The molecule has 5 unspecified atom stereocenters. The minimum absolute atomic E-state index is 0.0616. The Kier molecular flexibility index (Phi) is 87.7. The zero-order valence-electron chi connectivity index (χ0n) is 75.0. The molecule has 0 aliphatic rings. The smallest absolute Gasteiger partial charge is 0.463 e. The van der Waals surface area contributed by atoms with Crippen LogP contribution in [-0.2, 0) is 55.8 Å². The fourth-order valence-corrected chi connectivity index (χ4v) is 14.2. The monoisotopic (exact) mass is 1700 g/mol. The van der Waals surface area contributed by atoms with E-state index in [1.54, 1.807) is 0 Å². The number of allylic oxidation sites excluding steroid dienone is 30. The van der Waals surface area contributed by atoms with Crippen LogP contribution in [0.25, 0.3) is 0 Å². The summed E-state index contributed by atoms with van der Waals surface area (Å²) in [4.78, 5) is 59.0. The number of carbonyl (C=O) groups is 3. The Bertz CT molecular complexity index is 2890. The van der Waals surface area contributed by atoms with Crippen molar-refractivity contribution >= 4 is 33.6 Å². The molecule has 0 bridgehead atoms. The van der Waals surface area contributed by atoms with Crippen LogP contribution in [0.4, 0.5) is 0 Å². The normalized spacial score (nSPS) is 14.6. The summed E-state index contributed by atoms with van der Waals surface area (Å²) < 4.78 is 61.5. The highest BCUT2D eigenvalue weighted by Gasteiger charge is 2.29. The fraction of sp³-hybridized carbons (Fsp3) is 0.673. The Morgan fingerprint density at radius 1 is 0.235 bits per heavy atom. The molecule has 0 aliphatic carbocycles. The topological polar surface area (TPSA) is 231 Å². The second-order valence-corrected chi connectivity index (χ2v) is 33.9. The van der Waals surface area contributed by atoms with Crippen molar-refractivity contribution in [3.8, 4) is 0 Å². The van der Waals surface area contributed by atoms with Gasteiger partial charge in [0.05, 0.1) is 26.4 Å². The molecule has 0 spiro atoms. The molecule has 119 heavy (non-hydrogen) atoms.